The number of carbonyl (C=O) groups is 1. The molecule has 0 aliphatic heterocycles. The molecule has 1 aromatic heterocycles. The highest BCUT2D eigenvalue weighted by Crippen LogP contribution is 2.25. The summed E-state index contributed by atoms with van der Waals surface area (Å²) in [5.41, 5.74) is -0.287. The van der Waals surface area contributed by atoms with Crippen LogP contribution in [0.1, 0.15) is 42.5 Å². The minimum Gasteiger partial charge on any atom is -0.478 e. The number of nitrogens with one attached hydrogen (secondary N) is 1. The molecule has 0 atom stereocenters. The summed E-state index contributed by atoms with van der Waals surface area (Å²) in [7, 11) is -3.99. The molecule has 2 N–H and O–H groups in total. The van der Waals surface area contributed by atoms with Gasteiger partial charge in [0.15, 0.2) is 0 Å². The minimum atomic E-state index is -3.99. The molecule has 0 fully saturated rings. The van der Waals surface area contributed by atoms with E-state index in [4.69, 9.17) is 16.7 Å². The van der Waals surface area contributed by atoms with Crippen LogP contribution in [0.25, 0.3) is 0 Å². The molecule has 0 spiro atoms. The largest absolute Gasteiger partial charge is 0.478 e. The zero-order valence-electron chi connectivity index (χ0n) is 14.2. The molecule has 2 rings (SSSR count). The highest BCUT2D eigenvalue weighted by molar-refractivity contribution is 7.89. The van der Waals surface area contributed by atoms with Gasteiger partial charge in [0, 0.05) is 5.02 Å². The van der Waals surface area contributed by atoms with E-state index >= 15 is 0 Å². The molecular weight excluding hydrogens is 368 g/mol. The lowest BCUT2D eigenvalue weighted by atomic mass is 10.1. The fourth-order valence-electron chi connectivity index (χ4n) is 2.24. The van der Waals surface area contributed by atoms with Crippen molar-refractivity contribution < 1.29 is 18.3 Å². The maximum Gasteiger partial charge on any atom is 0.335 e. The molecule has 0 saturated heterocycles. The van der Waals surface area contributed by atoms with E-state index in [0.29, 0.717) is 5.82 Å². The van der Waals surface area contributed by atoms with Crippen molar-refractivity contribution in [1.29, 1.82) is 0 Å². The monoisotopic (exact) mass is 386 g/mol. The summed E-state index contributed by atoms with van der Waals surface area (Å²) in [5.74, 6) is -0.819. The lowest BCUT2D eigenvalue weighted by Crippen LogP contribution is -2.30. The van der Waals surface area contributed by atoms with Gasteiger partial charge < -0.3 is 5.11 Å². The molecule has 1 aromatic carbocycles. The van der Waals surface area contributed by atoms with Crippen molar-refractivity contribution in [3.8, 4) is 0 Å². The van der Waals surface area contributed by atoms with Gasteiger partial charge in [-0.05, 0) is 45.4 Å². The quantitative estimate of drug-likeness (QED) is 0.813. The Bertz CT molecular complexity index is 916. The summed E-state index contributed by atoms with van der Waals surface area (Å²) in [5, 5.41) is 13.3. The second kappa shape index (κ2) is 6.74. The second-order valence-corrected chi connectivity index (χ2v) is 8.61. The molecular formula is C15H19ClN4O4S. The smallest absolute Gasteiger partial charge is 0.335 e. The summed E-state index contributed by atoms with van der Waals surface area (Å²) in [6, 6.07) is 2.30. The highest BCUT2D eigenvalue weighted by Gasteiger charge is 2.24. The van der Waals surface area contributed by atoms with Gasteiger partial charge in [0.25, 0.3) is 0 Å². The molecule has 0 amide bonds. The summed E-state index contributed by atoms with van der Waals surface area (Å²) in [4.78, 5) is 15.0. The predicted molar refractivity (Wildman–Crippen MR) is 92.2 cm³/mol. The lowest BCUT2D eigenvalue weighted by Gasteiger charge is -2.21. The number of aromatic nitrogens is 3. The van der Waals surface area contributed by atoms with Crippen molar-refractivity contribution in [3.05, 3.63) is 40.4 Å². The van der Waals surface area contributed by atoms with Crippen molar-refractivity contribution in [2.75, 3.05) is 0 Å². The Labute approximate surface area is 150 Å². The van der Waals surface area contributed by atoms with Crippen LogP contribution in [0, 0.1) is 6.92 Å². The van der Waals surface area contributed by atoms with Gasteiger partial charge in [-0.25, -0.2) is 27.6 Å². The molecule has 0 bridgehead atoms. The topological polar surface area (TPSA) is 114 Å². The molecule has 10 heteroatoms. The first-order valence-corrected chi connectivity index (χ1v) is 9.22. The standard InChI is InChI=1S/C15H19ClN4O4S/c1-9-11(16)5-10(14(21)22)6-12(9)25(23,24)19-7-13-17-8-18-20(13)15(2,3)4/h5-6,8,19H,7H2,1-4H3,(H,21,22). The number of hydrogen-bond acceptors (Lipinski definition) is 5. The van der Waals surface area contributed by atoms with Gasteiger partial charge in [-0.15, -0.1) is 0 Å². The van der Waals surface area contributed by atoms with Crippen LogP contribution in [0.5, 0.6) is 0 Å². The van der Waals surface area contributed by atoms with Gasteiger partial charge in [0.2, 0.25) is 10.0 Å². The number of nitrogens with zero attached hydrogens (tertiary/aromatic N) is 3. The number of carboxylic acid groups (broad SMARTS) is 1. The van der Waals surface area contributed by atoms with Crippen molar-refractivity contribution in [1.82, 2.24) is 19.5 Å². The van der Waals surface area contributed by atoms with Crippen LogP contribution in [-0.4, -0.2) is 34.3 Å². The van der Waals surface area contributed by atoms with E-state index in [-0.39, 0.29) is 33.1 Å². The molecule has 8 nitrogen and oxygen atoms in total. The first-order chi connectivity index (χ1) is 11.4. The Hall–Kier alpha value is -1.97. The normalized spacial score (nSPS) is 12.4. The van der Waals surface area contributed by atoms with Crippen LogP contribution < -0.4 is 4.72 Å². The second-order valence-electron chi connectivity index (χ2n) is 6.47. The van der Waals surface area contributed by atoms with Crippen molar-refractivity contribution in [2.45, 2.75) is 44.7 Å². The zero-order valence-corrected chi connectivity index (χ0v) is 15.8. The Kier molecular flexibility index (Phi) is 5.22. The molecule has 25 heavy (non-hydrogen) atoms. The number of rotatable bonds is 5. The van der Waals surface area contributed by atoms with E-state index in [0.717, 1.165) is 6.07 Å². The maximum atomic E-state index is 12.6. The lowest BCUT2D eigenvalue weighted by molar-refractivity contribution is 0.0696. The van der Waals surface area contributed by atoms with Crippen LogP contribution in [0.2, 0.25) is 5.02 Å². The molecule has 0 radical (unpaired) electrons. The third kappa shape index (κ3) is 4.17. The molecule has 0 unspecified atom stereocenters. The predicted octanol–water partition coefficient (Wildman–Crippen LogP) is 2.17. The average molecular weight is 387 g/mol. The van der Waals surface area contributed by atoms with Gasteiger partial charge in [0.05, 0.1) is 22.5 Å². The zero-order chi connectivity index (χ0) is 19.0. The van der Waals surface area contributed by atoms with Crippen molar-refractivity contribution >= 4 is 27.6 Å². The van der Waals surface area contributed by atoms with Crippen molar-refractivity contribution in [2.24, 2.45) is 0 Å². The van der Waals surface area contributed by atoms with Gasteiger partial charge in [-0.2, -0.15) is 5.10 Å². The van der Waals surface area contributed by atoms with Gasteiger partial charge in [-0.3, -0.25) is 0 Å². The van der Waals surface area contributed by atoms with Gasteiger partial charge >= 0.3 is 5.97 Å². The molecule has 0 saturated carbocycles. The third-order valence-electron chi connectivity index (χ3n) is 3.51. The summed E-state index contributed by atoms with van der Waals surface area (Å²) >= 11 is 5.97. The average Bonchev–Trinajstić information content (AvgIpc) is 2.96. The van der Waals surface area contributed by atoms with Gasteiger partial charge in [-0.1, -0.05) is 11.6 Å². The summed E-state index contributed by atoms with van der Waals surface area (Å²) < 4.78 is 29.3. The SMILES string of the molecule is Cc1c(Cl)cc(C(=O)O)cc1S(=O)(=O)NCc1ncnn1C(C)(C)C. The number of aromatic carboxylic acids is 1. The number of hydrogen-bond donors (Lipinski definition) is 2. The molecule has 2 aromatic rings. The first-order valence-electron chi connectivity index (χ1n) is 7.36. The Morgan fingerprint density at radius 1 is 1.36 bits per heavy atom. The van der Waals surface area contributed by atoms with E-state index in [1.165, 1.54) is 19.3 Å². The van der Waals surface area contributed by atoms with E-state index in [2.05, 4.69) is 14.8 Å². The van der Waals surface area contributed by atoms with Crippen LogP contribution >= 0.6 is 11.6 Å². The van der Waals surface area contributed by atoms with E-state index < -0.39 is 16.0 Å². The molecule has 136 valence electrons. The van der Waals surface area contributed by atoms with Crippen LogP contribution in [0.15, 0.2) is 23.4 Å². The minimum absolute atomic E-state index is 0.0677. The summed E-state index contributed by atoms with van der Waals surface area (Å²) in [6.07, 6.45) is 1.35. The molecule has 0 aliphatic rings. The van der Waals surface area contributed by atoms with Crippen molar-refractivity contribution in [3.63, 3.8) is 0 Å². The number of halogens is 1. The van der Waals surface area contributed by atoms with E-state index in [9.17, 15) is 13.2 Å². The van der Waals surface area contributed by atoms with Crippen LogP contribution in [-0.2, 0) is 22.1 Å². The number of carboxylic acids is 1. The summed E-state index contributed by atoms with van der Waals surface area (Å²) in [6.45, 7) is 7.17. The maximum absolute atomic E-state index is 12.6. The van der Waals surface area contributed by atoms with E-state index in [1.54, 1.807) is 4.68 Å². The number of sulfonamides is 1. The molecule has 1 heterocycles. The van der Waals surface area contributed by atoms with Gasteiger partial charge in [0.1, 0.15) is 12.2 Å². The van der Waals surface area contributed by atoms with Crippen LogP contribution in [0.3, 0.4) is 0 Å². The number of benzene rings is 1. The highest BCUT2D eigenvalue weighted by atomic mass is 35.5. The first kappa shape index (κ1) is 19.4. The Balaban J connectivity index is 2.35. The fourth-order valence-corrected chi connectivity index (χ4v) is 3.79. The van der Waals surface area contributed by atoms with E-state index in [1.807, 2.05) is 20.8 Å². The van der Waals surface area contributed by atoms with Crippen LogP contribution in [0.4, 0.5) is 0 Å². The fraction of sp³-hybridized carbons (Fsp3) is 0.400. The molecule has 0 aliphatic carbocycles. The third-order valence-corrected chi connectivity index (χ3v) is 5.43. The Morgan fingerprint density at radius 3 is 2.56 bits per heavy atom. The Morgan fingerprint density at radius 2 is 2.00 bits per heavy atom.